The van der Waals surface area contributed by atoms with E-state index in [0.29, 0.717) is 38.3 Å². The van der Waals surface area contributed by atoms with Gasteiger partial charge in [0.2, 0.25) is 0 Å². The third-order valence-electron chi connectivity index (χ3n) is 5.77. The summed E-state index contributed by atoms with van der Waals surface area (Å²) >= 11 is 7.29. The number of aliphatic hydroxyl groups excluding tert-OH is 1. The summed E-state index contributed by atoms with van der Waals surface area (Å²) in [7, 11) is 3.02. The highest BCUT2D eigenvalue weighted by Crippen LogP contribution is 2.45. The molecule has 0 aliphatic carbocycles. The van der Waals surface area contributed by atoms with Crippen molar-refractivity contribution >= 4 is 55.7 Å². The molecule has 1 aromatic heterocycles. The molecule has 1 fully saturated rings. The number of amides is 1. The van der Waals surface area contributed by atoms with Crippen LogP contribution in [0.15, 0.2) is 72.3 Å². The lowest BCUT2D eigenvalue weighted by Crippen LogP contribution is -2.29. The lowest BCUT2D eigenvalue weighted by atomic mass is 9.95. The highest BCUT2D eigenvalue weighted by molar-refractivity contribution is 7.22. The Morgan fingerprint density at radius 3 is 2.40 bits per heavy atom. The maximum absolute atomic E-state index is 13.4. The van der Waals surface area contributed by atoms with Gasteiger partial charge in [-0.3, -0.25) is 14.5 Å². The summed E-state index contributed by atoms with van der Waals surface area (Å²) in [6, 6.07) is 18.0. The number of nitrogens with zero attached hydrogens (tertiary/aromatic N) is 2. The van der Waals surface area contributed by atoms with Crippen molar-refractivity contribution < 1.29 is 24.2 Å². The Bertz CT molecular complexity index is 1460. The molecule has 1 aliphatic heterocycles. The number of aliphatic hydroxyl groups is 1. The van der Waals surface area contributed by atoms with Crippen LogP contribution < -0.4 is 14.4 Å². The van der Waals surface area contributed by atoms with Gasteiger partial charge in [0.25, 0.3) is 5.78 Å². The molecule has 0 radical (unpaired) electrons. The molecule has 1 N–H and O–H groups in total. The van der Waals surface area contributed by atoms with Gasteiger partial charge in [-0.05, 0) is 54.1 Å². The van der Waals surface area contributed by atoms with Crippen molar-refractivity contribution in [2.45, 2.75) is 6.04 Å². The molecule has 2 heterocycles. The molecule has 0 spiro atoms. The fourth-order valence-electron chi connectivity index (χ4n) is 4.09. The second kappa shape index (κ2) is 9.05. The quantitative estimate of drug-likeness (QED) is 0.215. The minimum atomic E-state index is -0.939. The highest BCUT2D eigenvalue weighted by Gasteiger charge is 2.48. The first-order chi connectivity index (χ1) is 16.9. The van der Waals surface area contributed by atoms with Gasteiger partial charge in [-0.1, -0.05) is 41.1 Å². The highest BCUT2D eigenvalue weighted by atomic mass is 35.5. The first-order valence-electron chi connectivity index (χ1n) is 10.6. The third-order valence-corrected chi connectivity index (χ3v) is 7.06. The third kappa shape index (κ3) is 3.90. The summed E-state index contributed by atoms with van der Waals surface area (Å²) in [5.74, 6) is -0.975. The molecule has 5 rings (SSSR count). The molecule has 1 aliphatic rings. The molecule has 4 aromatic rings. The number of hydrogen-bond acceptors (Lipinski definition) is 7. The molecule has 1 unspecified atom stereocenters. The molecule has 9 heteroatoms. The SMILES string of the molecule is COc1ccc(C2C(=C(O)c3ccc(Cl)cc3)C(=O)C(=O)N2c2nc3ccccc3s2)cc1OC. The van der Waals surface area contributed by atoms with E-state index in [1.165, 1.54) is 30.5 Å². The number of thiazole rings is 1. The number of para-hydroxylation sites is 1. The van der Waals surface area contributed by atoms with Crippen LogP contribution in [0.2, 0.25) is 5.02 Å². The number of methoxy groups -OCH3 is 2. The van der Waals surface area contributed by atoms with Crippen LogP contribution in [0.4, 0.5) is 5.13 Å². The van der Waals surface area contributed by atoms with Crippen molar-refractivity contribution in [2.24, 2.45) is 0 Å². The van der Waals surface area contributed by atoms with Crippen LogP contribution in [0.1, 0.15) is 17.2 Å². The Morgan fingerprint density at radius 2 is 1.71 bits per heavy atom. The van der Waals surface area contributed by atoms with E-state index in [2.05, 4.69) is 4.98 Å². The van der Waals surface area contributed by atoms with Gasteiger partial charge in [0, 0.05) is 10.6 Å². The number of fused-ring (bicyclic) bond motifs is 1. The molecule has 0 bridgehead atoms. The average Bonchev–Trinajstić information content (AvgIpc) is 3.42. The number of aromatic nitrogens is 1. The zero-order valence-corrected chi connectivity index (χ0v) is 20.3. The predicted octanol–water partition coefficient (Wildman–Crippen LogP) is 5.59. The van der Waals surface area contributed by atoms with Crippen molar-refractivity contribution in [3.05, 3.63) is 88.5 Å². The monoisotopic (exact) mass is 506 g/mol. The number of halogens is 1. The molecular formula is C26H19ClN2O5S. The Labute approximate surface area is 209 Å². The standard InChI is InChI=1S/C26H19ClN2O5S/c1-33-18-12-9-15(13-19(18)34-2)22-21(23(30)14-7-10-16(27)11-8-14)24(31)25(32)29(22)26-28-17-5-3-4-6-20(17)35-26/h3-13,22,30H,1-2H3. The van der Waals surface area contributed by atoms with Crippen LogP contribution in [0, 0.1) is 0 Å². The molecule has 0 saturated carbocycles. The average molecular weight is 507 g/mol. The number of ketones is 1. The Hall–Kier alpha value is -3.88. The van der Waals surface area contributed by atoms with E-state index < -0.39 is 17.7 Å². The number of ether oxygens (including phenoxy) is 2. The Kier molecular flexibility index (Phi) is 5.92. The number of hydrogen-bond donors (Lipinski definition) is 1. The van der Waals surface area contributed by atoms with Gasteiger partial charge in [0.1, 0.15) is 5.76 Å². The molecule has 1 amide bonds. The van der Waals surface area contributed by atoms with E-state index in [-0.39, 0.29) is 11.3 Å². The topological polar surface area (TPSA) is 89.0 Å². The van der Waals surface area contributed by atoms with E-state index in [1.807, 2.05) is 24.3 Å². The summed E-state index contributed by atoms with van der Waals surface area (Å²) in [5.41, 5.74) is 1.57. The van der Waals surface area contributed by atoms with E-state index in [9.17, 15) is 14.7 Å². The van der Waals surface area contributed by atoms with Gasteiger partial charge in [-0.15, -0.1) is 0 Å². The number of carbonyl (C=O) groups excluding carboxylic acids is 2. The van der Waals surface area contributed by atoms with Crippen molar-refractivity contribution in [1.82, 2.24) is 4.98 Å². The largest absolute Gasteiger partial charge is 0.507 e. The molecule has 35 heavy (non-hydrogen) atoms. The molecule has 3 aromatic carbocycles. The van der Waals surface area contributed by atoms with Gasteiger partial charge in [-0.25, -0.2) is 4.98 Å². The second-order valence-electron chi connectivity index (χ2n) is 7.75. The Morgan fingerprint density at radius 1 is 1.00 bits per heavy atom. The normalized spacial score (nSPS) is 17.2. The van der Waals surface area contributed by atoms with Crippen molar-refractivity contribution in [1.29, 1.82) is 0 Å². The zero-order valence-electron chi connectivity index (χ0n) is 18.7. The number of rotatable bonds is 5. The minimum absolute atomic E-state index is 0.0520. The van der Waals surface area contributed by atoms with Crippen molar-refractivity contribution in [2.75, 3.05) is 19.1 Å². The number of benzene rings is 3. The van der Waals surface area contributed by atoms with Crippen molar-refractivity contribution in [3.8, 4) is 11.5 Å². The van der Waals surface area contributed by atoms with E-state index in [4.69, 9.17) is 21.1 Å². The molecule has 7 nitrogen and oxygen atoms in total. The van der Waals surface area contributed by atoms with E-state index >= 15 is 0 Å². The van der Waals surface area contributed by atoms with Gasteiger partial charge in [-0.2, -0.15) is 0 Å². The zero-order chi connectivity index (χ0) is 24.7. The summed E-state index contributed by atoms with van der Waals surface area (Å²) in [6.07, 6.45) is 0. The molecule has 1 saturated heterocycles. The van der Waals surface area contributed by atoms with Crippen LogP contribution >= 0.6 is 22.9 Å². The molecule has 1 atom stereocenters. The predicted molar refractivity (Wildman–Crippen MR) is 135 cm³/mol. The smallest absolute Gasteiger partial charge is 0.301 e. The number of Topliss-reactive ketones (excluding diaryl/α,β-unsaturated/α-hetero) is 1. The fraction of sp³-hybridized carbons (Fsp3) is 0.115. The van der Waals surface area contributed by atoms with E-state index in [1.54, 1.807) is 42.5 Å². The van der Waals surface area contributed by atoms with Crippen LogP contribution in [0.25, 0.3) is 16.0 Å². The van der Waals surface area contributed by atoms with Crippen molar-refractivity contribution in [3.63, 3.8) is 0 Å². The van der Waals surface area contributed by atoms with Gasteiger partial charge < -0.3 is 14.6 Å². The second-order valence-corrected chi connectivity index (χ2v) is 9.20. The first kappa shape index (κ1) is 22.9. The van der Waals surface area contributed by atoms with E-state index in [0.717, 1.165) is 4.70 Å². The van der Waals surface area contributed by atoms with Crippen LogP contribution in [0.5, 0.6) is 11.5 Å². The summed E-state index contributed by atoms with van der Waals surface area (Å²) in [4.78, 5) is 32.6. The van der Waals surface area contributed by atoms with Crippen LogP contribution in [-0.4, -0.2) is 36.0 Å². The summed E-state index contributed by atoms with van der Waals surface area (Å²) < 4.78 is 11.7. The van der Waals surface area contributed by atoms with Gasteiger partial charge in [0.15, 0.2) is 16.6 Å². The lowest BCUT2D eigenvalue weighted by Gasteiger charge is -2.23. The fourth-order valence-corrected chi connectivity index (χ4v) is 5.21. The first-order valence-corrected chi connectivity index (χ1v) is 11.8. The van der Waals surface area contributed by atoms with Gasteiger partial charge >= 0.3 is 5.91 Å². The Balaban J connectivity index is 1.75. The molecule has 176 valence electrons. The summed E-state index contributed by atoms with van der Waals surface area (Å²) in [6.45, 7) is 0. The number of anilines is 1. The van der Waals surface area contributed by atoms with Crippen LogP contribution in [0.3, 0.4) is 0 Å². The van der Waals surface area contributed by atoms with Gasteiger partial charge in [0.05, 0.1) is 36.1 Å². The lowest BCUT2D eigenvalue weighted by molar-refractivity contribution is -0.132. The summed E-state index contributed by atoms with van der Waals surface area (Å²) in [5, 5.41) is 12.1. The maximum Gasteiger partial charge on any atom is 0.301 e. The molecular weight excluding hydrogens is 488 g/mol. The van der Waals surface area contributed by atoms with Crippen LogP contribution in [-0.2, 0) is 9.59 Å². The minimum Gasteiger partial charge on any atom is -0.507 e. The maximum atomic E-state index is 13.4. The number of carbonyl (C=O) groups is 2.